The van der Waals surface area contributed by atoms with Gasteiger partial charge in [0.25, 0.3) is 0 Å². The molecule has 17 heavy (non-hydrogen) atoms. The predicted octanol–water partition coefficient (Wildman–Crippen LogP) is 2.36. The Labute approximate surface area is 104 Å². The molecular formula is C15H22N2. The van der Waals surface area contributed by atoms with Gasteiger partial charge < -0.3 is 10.2 Å². The lowest BCUT2D eigenvalue weighted by molar-refractivity contribution is 0.612. The van der Waals surface area contributed by atoms with E-state index in [2.05, 4.69) is 35.3 Å². The maximum Gasteiger partial charge on any atom is 0.0455 e. The van der Waals surface area contributed by atoms with Crippen molar-refractivity contribution in [2.24, 2.45) is 0 Å². The molecule has 0 saturated carbocycles. The highest BCUT2D eigenvalue weighted by atomic mass is 15.2. The number of aryl methyl sites for hydroxylation is 1. The number of nitrogens with zero attached hydrogens (tertiary/aromatic N) is 1. The lowest BCUT2D eigenvalue weighted by Gasteiger charge is -2.24. The van der Waals surface area contributed by atoms with E-state index in [1.165, 1.54) is 44.5 Å². The van der Waals surface area contributed by atoms with Crippen LogP contribution in [-0.2, 0) is 12.8 Å². The maximum atomic E-state index is 3.56. The van der Waals surface area contributed by atoms with E-state index in [4.69, 9.17) is 0 Å². The Balaban J connectivity index is 1.94. The van der Waals surface area contributed by atoms with Gasteiger partial charge in [-0.1, -0.05) is 25.5 Å². The topological polar surface area (TPSA) is 15.3 Å². The number of rotatable bonds is 2. The zero-order valence-corrected chi connectivity index (χ0v) is 10.7. The van der Waals surface area contributed by atoms with E-state index < -0.39 is 0 Å². The van der Waals surface area contributed by atoms with Gasteiger partial charge in [-0.25, -0.2) is 0 Å². The summed E-state index contributed by atoms with van der Waals surface area (Å²) in [6.07, 6.45) is 5.00. The minimum atomic E-state index is 0.700. The highest BCUT2D eigenvalue weighted by Gasteiger charge is 2.30. The van der Waals surface area contributed by atoms with Crippen LogP contribution in [-0.4, -0.2) is 25.7 Å². The van der Waals surface area contributed by atoms with Crippen molar-refractivity contribution in [3.05, 3.63) is 29.3 Å². The van der Waals surface area contributed by atoms with Gasteiger partial charge in [0, 0.05) is 24.8 Å². The van der Waals surface area contributed by atoms with Crippen LogP contribution in [0.15, 0.2) is 18.2 Å². The van der Waals surface area contributed by atoms with Gasteiger partial charge in [0.05, 0.1) is 0 Å². The quantitative estimate of drug-likeness (QED) is 0.839. The molecular weight excluding hydrogens is 208 g/mol. The molecule has 2 aliphatic rings. The maximum absolute atomic E-state index is 3.56. The lowest BCUT2D eigenvalue weighted by atomic mass is 9.99. The average molecular weight is 230 g/mol. The smallest absolute Gasteiger partial charge is 0.0455 e. The van der Waals surface area contributed by atoms with Crippen LogP contribution in [0.4, 0.5) is 5.69 Å². The summed E-state index contributed by atoms with van der Waals surface area (Å²) >= 11 is 0. The second kappa shape index (κ2) is 4.69. The summed E-state index contributed by atoms with van der Waals surface area (Å²) in [6.45, 7) is 5.83. The van der Waals surface area contributed by atoms with E-state index >= 15 is 0 Å². The van der Waals surface area contributed by atoms with Crippen molar-refractivity contribution in [3.8, 4) is 0 Å². The SMILES string of the molecule is CCCc1cccc2c1CC1CNCCCN21. The van der Waals surface area contributed by atoms with Gasteiger partial charge in [-0.05, 0) is 43.0 Å². The fraction of sp³-hybridized carbons (Fsp3) is 0.600. The molecule has 3 rings (SSSR count). The second-order valence-electron chi connectivity index (χ2n) is 5.27. The fourth-order valence-electron chi connectivity index (χ4n) is 3.30. The summed E-state index contributed by atoms with van der Waals surface area (Å²) in [4.78, 5) is 2.63. The van der Waals surface area contributed by atoms with Gasteiger partial charge in [0.1, 0.15) is 0 Å². The summed E-state index contributed by atoms with van der Waals surface area (Å²) < 4.78 is 0. The molecule has 1 N–H and O–H groups in total. The molecule has 1 fully saturated rings. The molecule has 2 aliphatic heterocycles. The van der Waals surface area contributed by atoms with Crippen molar-refractivity contribution in [2.75, 3.05) is 24.5 Å². The molecule has 0 amide bonds. The summed E-state index contributed by atoms with van der Waals surface area (Å²) in [6, 6.07) is 7.58. The summed E-state index contributed by atoms with van der Waals surface area (Å²) in [7, 11) is 0. The molecule has 0 radical (unpaired) electrons. The van der Waals surface area contributed by atoms with Crippen LogP contribution < -0.4 is 10.2 Å². The first-order valence-corrected chi connectivity index (χ1v) is 6.98. The zero-order valence-electron chi connectivity index (χ0n) is 10.7. The first-order valence-electron chi connectivity index (χ1n) is 6.98. The van der Waals surface area contributed by atoms with Crippen LogP contribution in [0.2, 0.25) is 0 Å². The van der Waals surface area contributed by atoms with Gasteiger partial charge in [-0.15, -0.1) is 0 Å². The predicted molar refractivity (Wildman–Crippen MR) is 72.8 cm³/mol. The van der Waals surface area contributed by atoms with Gasteiger partial charge in [0.2, 0.25) is 0 Å². The van der Waals surface area contributed by atoms with E-state index in [0.717, 1.165) is 6.54 Å². The van der Waals surface area contributed by atoms with Crippen molar-refractivity contribution < 1.29 is 0 Å². The average Bonchev–Trinajstić information content (AvgIpc) is 2.55. The molecule has 1 unspecified atom stereocenters. The molecule has 0 bridgehead atoms. The van der Waals surface area contributed by atoms with Crippen LogP contribution in [0, 0.1) is 0 Å². The third-order valence-electron chi connectivity index (χ3n) is 4.09. The monoisotopic (exact) mass is 230 g/mol. The van der Waals surface area contributed by atoms with E-state index in [1.807, 2.05) is 0 Å². The van der Waals surface area contributed by atoms with Crippen molar-refractivity contribution in [2.45, 2.75) is 38.6 Å². The highest BCUT2D eigenvalue weighted by molar-refractivity contribution is 5.62. The third kappa shape index (κ3) is 1.95. The molecule has 0 aromatic heterocycles. The van der Waals surface area contributed by atoms with Gasteiger partial charge in [-0.2, -0.15) is 0 Å². The minimum absolute atomic E-state index is 0.700. The molecule has 2 heteroatoms. The van der Waals surface area contributed by atoms with E-state index in [-0.39, 0.29) is 0 Å². The first-order chi connectivity index (χ1) is 8.40. The molecule has 2 nitrogen and oxygen atoms in total. The van der Waals surface area contributed by atoms with Crippen LogP contribution in [0.25, 0.3) is 0 Å². The number of benzene rings is 1. The Bertz CT molecular complexity index is 400. The lowest BCUT2D eigenvalue weighted by Crippen LogP contribution is -2.36. The Morgan fingerprint density at radius 1 is 1.41 bits per heavy atom. The summed E-state index contributed by atoms with van der Waals surface area (Å²) in [5.41, 5.74) is 4.73. The molecule has 2 heterocycles. The van der Waals surface area contributed by atoms with Crippen LogP contribution in [0.5, 0.6) is 0 Å². The number of nitrogens with one attached hydrogen (secondary N) is 1. The first kappa shape index (κ1) is 11.1. The highest BCUT2D eigenvalue weighted by Crippen LogP contribution is 2.35. The summed E-state index contributed by atoms with van der Waals surface area (Å²) in [5.74, 6) is 0. The molecule has 0 aliphatic carbocycles. The van der Waals surface area contributed by atoms with E-state index in [1.54, 1.807) is 11.1 Å². The minimum Gasteiger partial charge on any atom is -0.367 e. The van der Waals surface area contributed by atoms with E-state index in [0.29, 0.717) is 6.04 Å². The molecule has 0 spiro atoms. The molecule has 1 atom stereocenters. The standard InChI is InChI=1S/C15H22N2/c1-2-5-12-6-3-7-15-14(12)10-13-11-16-8-4-9-17(13)15/h3,6-7,13,16H,2,4-5,8-11H2,1H3. The number of anilines is 1. The number of hydrogen-bond acceptors (Lipinski definition) is 2. The van der Waals surface area contributed by atoms with Crippen molar-refractivity contribution in [3.63, 3.8) is 0 Å². The number of fused-ring (bicyclic) bond motifs is 3. The Kier molecular flexibility index (Phi) is 3.06. The van der Waals surface area contributed by atoms with E-state index in [9.17, 15) is 0 Å². The molecule has 1 saturated heterocycles. The van der Waals surface area contributed by atoms with Gasteiger partial charge in [-0.3, -0.25) is 0 Å². The number of hydrogen-bond donors (Lipinski definition) is 1. The van der Waals surface area contributed by atoms with Gasteiger partial charge in [0.15, 0.2) is 0 Å². The molecule has 92 valence electrons. The third-order valence-corrected chi connectivity index (χ3v) is 4.09. The van der Waals surface area contributed by atoms with Crippen LogP contribution in [0.1, 0.15) is 30.9 Å². The zero-order chi connectivity index (χ0) is 11.7. The summed E-state index contributed by atoms with van der Waals surface area (Å²) in [5, 5.41) is 3.56. The van der Waals surface area contributed by atoms with Crippen LogP contribution in [0.3, 0.4) is 0 Å². The fourth-order valence-corrected chi connectivity index (χ4v) is 3.30. The van der Waals surface area contributed by atoms with Crippen molar-refractivity contribution in [1.29, 1.82) is 0 Å². The van der Waals surface area contributed by atoms with Crippen molar-refractivity contribution >= 4 is 5.69 Å². The Morgan fingerprint density at radius 3 is 3.24 bits per heavy atom. The normalized spacial score (nSPS) is 23.1. The Morgan fingerprint density at radius 2 is 2.35 bits per heavy atom. The van der Waals surface area contributed by atoms with Crippen LogP contribution >= 0.6 is 0 Å². The molecule has 1 aromatic rings. The van der Waals surface area contributed by atoms with Crippen molar-refractivity contribution in [1.82, 2.24) is 5.32 Å². The second-order valence-corrected chi connectivity index (χ2v) is 5.27. The molecule has 1 aromatic carbocycles. The largest absolute Gasteiger partial charge is 0.367 e. The Hall–Kier alpha value is -1.02. The van der Waals surface area contributed by atoms with Gasteiger partial charge >= 0.3 is 0 Å².